The number of H-pyrrole nitrogens is 1. The van der Waals surface area contributed by atoms with Gasteiger partial charge in [-0.1, -0.05) is 24.3 Å². The van der Waals surface area contributed by atoms with Crippen molar-refractivity contribution in [2.75, 3.05) is 13.1 Å². The van der Waals surface area contributed by atoms with E-state index in [0.29, 0.717) is 25.9 Å². The number of sulfonamides is 1. The van der Waals surface area contributed by atoms with Crippen molar-refractivity contribution >= 4 is 20.9 Å². The highest BCUT2D eigenvalue weighted by molar-refractivity contribution is 7.89. The minimum absolute atomic E-state index is 0.204. The molecule has 0 amide bonds. The maximum absolute atomic E-state index is 12.9. The molecule has 0 radical (unpaired) electrons. The average molecular weight is 424 g/mol. The van der Waals surface area contributed by atoms with Gasteiger partial charge in [-0.25, -0.2) is 8.42 Å². The van der Waals surface area contributed by atoms with E-state index in [9.17, 15) is 21.6 Å². The SMILES string of the molecule is O=S(=O)(c1cccc(OC(F)(F)F)c1)N1CCC(c2c[nH]c3ccccc23)CC1. The standard InChI is InChI=1S/C20H19F3N2O3S/c21-20(22,23)28-15-4-3-5-16(12-15)29(26,27)25-10-8-14(9-11-25)18-13-24-19-7-2-1-6-17(18)19/h1-7,12-14,24H,8-11H2. The highest BCUT2D eigenvalue weighted by Gasteiger charge is 2.33. The summed E-state index contributed by atoms with van der Waals surface area (Å²) in [5, 5.41) is 1.13. The van der Waals surface area contributed by atoms with E-state index in [4.69, 9.17) is 0 Å². The van der Waals surface area contributed by atoms with Crippen LogP contribution in [0.25, 0.3) is 10.9 Å². The van der Waals surface area contributed by atoms with Gasteiger partial charge in [0.1, 0.15) is 5.75 Å². The van der Waals surface area contributed by atoms with Crippen molar-refractivity contribution in [3.8, 4) is 5.75 Å². The average Bonchev–Trinajstić information content (AvgIpc) is 3.11. The lowest BCUT2D eigenvalue weighted by molar-refractivity contribution is -0.274. The molecule has 154 valence electrons. The molecule has 0 saturated carbocycles. The smallest absolute Gasteiger partial charge is 0.406 e. The number of ether oxygens (including phenoxy) is 1. The Labute approximate surface area is 166 Å². The number of alkyl halides is 3. The number of rotatable bonds is 4. The molecule has 1 saturated heterocycles. The number of halogens is 3. The zero-order chi connectivity index (χ0) is 20.6. The van der Waals surface area contributed by atoms with Crippen molar-refractivity contribution in [2.45, 2.75) is 30.0 Å². The molecular formula is C20H19F3N2O3S. The molecule has 5 nitrogen and oxygen atoms in total. The first-order valence-electron chi connectivity index (χ1n) is 9.16. The number of benzene rings is 2. The van der Waals surface area contributed by atoms with Crippen LogP contribution in [-0.2, 0) is 10.0 Å². The van der Waals surface area contributed by atoms with Crippen LogP contribution in [0.5, 0.6) is 5.75 Å². The summed E-state index contributed by atoms with van der Waals surface area (Å²) >= 11 is 0. The minimum Gasteiger partial charge on any atom is -0.406 e. The summed E-state index contributed by atoms with van der Waals surface area (Å²) in [5.74, 6) is -0.329. The summed E-state index contributed by atoms with van der Waals surface area (Å²) < 4.78 is 68.2. The van der Waals surface area contributed by atoms with Gasteiger partial charge >= 0.3 is 6.36 Å². The number of hydrogen-bond donors (Lipinski definition) is 1. The van der Waals surface area contributed by atoms with Crippen LogP contribution in [0.15, 0.2) is 59.6 Å². The van der Waals surface area contributed by atoms with Gasteiger partial charge in [-0.15, -0.1) is 13.2 Å². The number of fused-ring (bicyclic) bond motifs is 1. The number of nitrogens with one attached hydrogen (secondary N) is 1. The number of piperidine rings is 1. The molecule has 3 aromatic rings. The zero-order valence-electron chi connectivity index (χ0n) is 15.3. The number of aromatic nitrogens is 1. The lowest BCUT2D eigenvalue weighted by atomic mass is 9.90. The molecule has 2 aromatic carbocycles. The molecule has 0 aliphatic carbocycles. The molecule has 0 atom stereocenters. The van der Waals surface area contributed by atoms with Crippen LogP contribution >= 0.6 is 0 Å². The van der Waals surface area contributed by atoms with Crippen LogP contribution < -0.4 is 4.74 Å². The number of nitrogens with zero attached hydrogens (tertiary/aromatic N) is 1. The van der Waals surface area contributed by atoms with Crippen molar-refractivity contribution < 1.29 is 26.3 Å². The third kappa shape index (κ3) is 4.11. The summed E-state index contributed by atoms with van der Waals surface area (Å²) in [6.45, 7) is 0.605. The van der Waals surface area contributed by atoms with E-state index in [1.165, 1.54) is 22.0 Å². The fraction of sp³-hybridized carbons (Fsp3) is 0.300. The molecule has 0 bridgehead atoms. The van der Waals surface area contributed by atoms with Gasteiger partial charge in [-0.3, -0.25) is 0 Å². The van der Waals surface area contributed by atoms with E-state index in [2.05, 4.69) is 9.72 Å². The molecule has 2 heterocycles. The van der Waals surface area contributed by atoms with E-state index < -0.39 is 22.1 Å². The van der Waals surface area contributed by atoms with Gasteiger partial charge in [0.15, 0.2) is 0 Å². The van der Waals surface area contributed by atoms with Crippen LogP contribution in [-0.4, -0.2) is 37.2 Å². The maximum atomic E-state index is 12.9. The number of aromatic amines is 1. The van der Waals surface area contributed by atoms with Crippen molar-refractivity contribution in [3.63, 3.8) is 0 Å². The second-order valence-electron chi connectivity index (χ2n) is 6.99. The first-order valence-corrected chi connectivity index (χ1v) is 10.6. The van der Waals surface area contributed by atoms with Crippen molar-refractivity contribution in [3.05, 3.63) is 60.3 Å². The normalized spacial score (nSPS) is 16.9. The monoisotopic (exact) mass is 424 g/mol. The van der Waals surface area contributed by atoms with Gasteiger partial charge in [-0.05, 0) is 42.5 Å². The van der Waals surface area contributed by atoms with E-state index in [0.717, 1.165) is 23.0 Å². The lowest BCUT2D eigenvalue weighted by Crippen LogP contribution is -2.37. The largest absolute Gasteiger partial charge is 0.573 e. The maximum Gasteiger partial charge on any atom is 0.573 e. The molecular weight excluding hydrogens is 405 g/mol. The predicted octanol–water partition coefficient (Wildman–Crippen LogP) is 4.63. The second-order valence-corrected chi connectivity index (χ2v) is 8.93. The van der Waals surface area contributed by atoms with Gasteiger partial charge in [0.25, 0.3) is 0 Å². The molecule has 0 spiro atoms. The van der Waals surface area contributed by atoms with E-state index in [1.54, 1.807) is 0 Å². The van der Waals surface area contributed by atoms with Gasteiger partial charge in [0, 0.05) is 36.3 Å². The molecule has 0 unspecified atom stereocenters. The molecule has 1 aromatic heterocycles. The Hall–Kier alpha value is -2.52. The van der Waals surface area contributed by atoms with Gasteiger partial charge < -0.3 is 9.72 Å². The summed E-state index contributed by atoms with van der Waals surface area (Å²) in [4.78, 5) is 3.04. The van der Waals surface area contributed by atoms with Crippen LogP contribution in [0.2, 0.25) is 0 Å². The highest BCUT2D eigenvalue weighted by Crippen LogP contribution is 2.35. The van der Waals surface area contributed by atoms with E-state index in [-0.39, 0.29) is 10.8 Å². The van der Waals surface area contributed by atoms with Crippen LogP contribution in [0.1, 0.15) is 24.3 Å². The Kier molecular flexibility index (Phi) is 5.04. The molecule has 29 heavy (non-hydrogen) atoms. The molecule has 9 heteroatoms. The van der Waals surface area contributed by atoms with Crippen LogP contribution in [0, 0.1) is 0 Å². The predicted molar refractivity (Wildman–Crippen MR) is 102 cm³/mol. The Balaban J connectivity index is 1.50. The zero-order valence-corrected chi connectivity index (χ0v) is 16.1. The number of para-hydroxylation sites is 1. The van der Waals surface area contributed by atoms with Crippen molar-refractivity contribution in [1.82, 2.24) is 9.29 Å². The minimum atomic E-state index is -4.87. The summed E-state index contributed by atoms with van der Waals surface area (Å²) in [6.07, 6.45) is -1.63. The lowest BCUT2D eigenvalue weighted by Gasteiger charge is -2.31. The first kappa shape index (κ1) is 19.8. The fourth-order valence-electron chi connectivity index (χ4n) is 3.82. The van der Waals surface area contributed by atoms with Gasteiger partial charge in [-0.2, -0.15) is 4.31 Å². The fourth-order valence-corrected chi connectivity index (χ4v) is 5.33. The molecule has 1 aliphatic heterocycles. The first-order chi connectivity index (χ1) is 13.7. The molecule has 4 rings (SSSR count). The van der Waals surface area contributed by atoms with Crippen molar-refractivity contribution in [1.29, 1.82) is 0 Å². The van der Waals surface area contributed by atoms with E-state index in [1.807, 2.05) is 30.5 Å². The third-order valence-corrected chi connectivity index (χ3v) is 7.09. The number of hydrogen-bond acceptors (Lipinski definition) is 3. The summed E-state index contributed by atoms with van der Waals surface area (Å²) in [5.41, 5.74) is 2.21. The Bertz CT molecular complexity index is 1120. The third-order valence-electron chi connectivity index (χ3n) is 5.19. The topological polar surface area (TPSA) is 62.4 Å². The summed E-state index contributed by atoms with van der Waals surface area (Å²) in [7, 11) is -3.90. The Morgan fingerprint density at radius 3 is 2.48 bits per heavy atom. The Morgan fingerprint density at radius 1 is 1.03 bits per heavy atom. The Morgan fingerprint density at radius 2 is 1.76 bits per heavy atom. The van der Waals surface area contributed by atoms with Gasteiger partial charge in [0.05, 0.1) is 4.90 Å². The summed E-state index contributed by atoms with van der Waals surface area (Å²) in [6, 6.07) is 12.5. The van der Waals surface area contributed by atoms with Crippen molar-refractivity contribution in [2.24, 2.45) is 0 Å². The van der Waals surface area contributed by atoms with E-state index >= 15 is 0 Å². The van der Waals surface area contributed by atoms with Gasteiger partial charge in [0.2, 0.25) is 10.0 Å². The quantitative estimate of drug-likeness (QED) is 0.664. The highest BCUT2D eigenvalue weighted by atomic mass is 32.2. The second kappa shape index (κ2) is 7.38. The molecule has 1 fully saturated rings. The molecule has 1 aliphatic rings. The van der Waals surface area contributed by atoms with Crippen LogP contribution in [0.3, 0.4) is 0 Å². The van der Waals surface area contributed by atoms with Crippen LogP contribution in [0.4, 0.5) is 13.2 Å². The molecule has 1 N–H and O–H groups in total.